The molecule has 3 aromatic rings. The molecule has 25 heavy (non-hydrogen) atoms. The lowest BCUT2D eigenvalue weighted by Gasteiger charge is -2.10. The first kappa shape index (κ1) is 16.4. The van der Waals surface area contributed by atoms with Crippen LogP contribution in [0.5, 0.6) is 11.5 Å². The molecule has 1 aromatic heterocycles. The summed E-state index contributed by atoms with van der Waals surface area (Å²) in [6.45, 7) is 0.279. The summed E-state index contributed by atoms with van der Waals surface area (Å²) < 4.78 is 19.2. The van der Waals surface area contributed by atoms with Crippen molar-refractivity contribution in [2.75, 3.05) is 5.73 Å². The van der Waals surface area contributed by atoms with Crippen LogP contribution in [0.1, 0.15) is 15.9 Å². The number of amides is 1. The molecule has 0 spiro atoms. The van der Waals surface area contributed by atoms with Gasteiger partial charge in [-0.15, -0.1) is 0 Å². The third kappa shape index (κ3) is 4.11. The van der Waals surface area contributed by atoms with Gasteiger partial charge in [-0.2, -0.15) is 0 Å². The van der Waals surface area contributed by atoms with Gasteiger partial charge in [-0.1, -0.05) is 24.3 Å². The van der Waals surface area contributed by atoms with Crippen LogP contribution >= 0.6 is 0 Å². The lowest BCUT2D eigenvalue weighted by molar-refractivity contribution is 0.0951. The van der Waals surface area contributed by atoms with Crippen molar-refractivity contribution in [2.45, 2.75) is 6.54 Å². The van der Waals surface area contributed by atoms with Crippen LogP contribution in [-0.2, 0) is 6.54 Å². The first-order valence-electron chi connectivity index (χ1n) is 7.63. The number of nitrogens with zero attached hydrogens (tertiary/aromatic N) is 1. The lowest BCUT2D eigenvalue weighted by atomic mass is 10.2. The number of rotatable bonds is 5. The van der Waals surface area contributed by atoms with Gasteiger partial charge in [-0.3, -0.25) is 4.79 Å². The van der Waals surface area contributed by atoms with Gasteiger partial charge in [0.15, 0.2) is 11.6 Å². The summed E-state index contributed by atoms with van der Waals surface area (Å²) in [6, 6.07) is 16.5. The molecular weight excluding hydrogens is 321 g/mol. The van der Waals surface area contributed by atoms with Crippen molar-refractivity contribution in [1.29, 1.82) is 0 Å². The Morgan fingerprint density at radius 1 is 1.12 bits per heavy atom. The van der Waals surface area contributed by atoms with Crippen LogP contribution < -0.4 is 15.8 Å². The number of nitrogen functional groups attached to an aromatic ring is 1. The van der Waals surface area contributed by atoms with E-state index in [0.717, 1.165) is 5.56 Å². The quantitative estimate of drug-likeness (QED) is 0.747. The fraction of sp³-hybridized carbons (Fsp3) is 0.0526. The normalized spacial score (nSPS) is 10.3. The van der Waals surface area contributed by atoms with Crippen molar-refractivity contribution in [2.24, 2.45) is 0 Å². The van der Waals surface area contributed by atoms with E-state index in [2.05, 4.69) is 10.3 Å². The van der Waals surface area contributed by atoms with Gasteiger partial charge >= 0.3 is 0 Å². The SMILES string of the molecule is Nc1ncccc1C(=O)NCc1cccc(Oc2ccccc2F)c1. The zero-order chi connectivity index (χ0) is 17.6. The van der Waals surface area contributed by atoms with Crippen molar-refractivity contribution in [1.82, 2.24) is 10.3 Å². The number of aromatic nitrogens is 1. The maximum atomic E-state index is 13.7. The van der Waals surface area contributed by atoms with Crippen LogP contribution in [0, 0.1) is 5.82 Å². The zero-order valence-corrected chi connectivity index (χ0v) is 13.3. The van der Waals surface area contributed by atoms with Gasteiger partial charge in [0.1, 0.15) is 11.6 Å². The van der Waals surface area contributed by atoms with Crippen LogP contribution in [0.2, 0.25) is 0 Å². The second-order valence-electron chi connectivity index (χ2n) is 5.30. The Labute approximate surface area is 144 Å². The van der Waals surface area contributed by atoms with E-state index in [-0.39, 0.29) is 24.0 Å². The van der Waals surface area contributed by atoms with E-state index in [1.165, 1.54) is 12.3 Å². The van der Waals surface area contributed by atoms with Crippen molar-refractivity contribution in [3.05, 3.63) is 83.8 Å². The number of anilines is 1. The molecule has 5 nitrogen and oxygen atoms in total. The number of hydrogen-bond acceptors (Lipinski definition) is 4. The molecule has 1 heterocycles. The minimum atomic E-state index is -0.437. The van der Waals surface area contributed by atoms with Crippen LogP contribution in [0.4, 0.5) is 10.2 Å². The average Bonchev–Trinajstić information content (AvgIpc) is 2.62. The molecule has 0 aliphatic carbocycles. The molecule has 0 fully saturated rings. The van der Waals surface area contributed by atoms with Crippen LogP contribution in [0.25, 0.3) is 0 Å². The monoisotopic (exact) mass is 337 g/mol. The number of halogens is 1. The maximum absolute atomic E-state index is 13.7. The Bertz CT molecular complexity index is 899. The van der Waals surface area contributed by atoms with Gasteiger partial charge in [0.25, 0.3) is 5.91 Å². The highest BCUT2D eigenvalue weighted by molar-refractivity contribution is 5.98. The number of carbonyl (C=O) groups is 1. The molecule has 3 rings (SSSR count). The van der Waals surface area contributed by atoms with E-state index in [1.54, 1.807) is 48.5 Å². The molecule has 2 aromatic carbocycles. The van der Waals surface area contributed by atoms with E-state index < -0.39 is 5.82 Å². The first-order chi connectivity index (χ1) is 12.1. The van der Waals surface area contributed by atoms with Crippen LogP contribution in [0.3, 0.4) is 0 Å². The number of pyridine rings is 1. The van der Waals surface area contributed by atoms with Crippen LogP contribution in [-0.4, -0.2) is 10.9 Å². The number of carbonyl (C=O) groups excluding carboxylic acids is 1. The molecule has 0 atom stereocenters. The van der Waals surface area contributed by atoms with Gasteiger partial charge in [0.2, 0.25) is 0 Å². The van der Waals surface area contributed by atoms with Crippen molar-refractivity contribution in [3.63, 3.8) is 0 Å². The summed E-state index contributed by atoms with van der Waals surface area (Å²) in [5.41, 5.74) is 6.82. The number of para-hydroxylation sites is 1. The Kier molecular flexibility index (Phi) is 4.89. The highest BCUT2D eigenvalue weighted by Crippen LogP contribution is 2.24. The topological polar surface area (TPSA) is 77.2 Å². The highest BCUT2D eigenvalue weighted by Gasteiger charge is 2.10. The molecule has 1 amide bonds. The molecule has 6 heteroatoms. The largest absolute Gasteiger partial charge is 0.454 e. The van der Waals surface area contributed by atoms with E-state index in [4.69, 9.17) is 10.5 Å². The fourth-order valence-electron chi connectivity index (χ4n) is 2.26. The summed E-state index contributed by atoms with van der Waals surface area (Å²) in [7, 11) is 0. The summed E-state index contributed by atoms with van der Waals surface area (Å²) in [4.78, 5) is 16.0. The Morgan fingerprint density at radius 3 is 2.76 bits per heavy atom. The Balaban J connectivity index is 1.67. The molecule has 0 radical (unpaired) electrons. The highest BCUT2D eigenvalue weighted by atomic mass is 19.1. The van der Waals surface area contributed by atoms with E-state index >= 15 is 0 Å². The summed E-state index contributed by atoms with van der Waals surface area (Å²) in [6.07, 6.45) is 1.52. The molecule has 0 bridgehead atoms. The Morgan fingerprint density at radius 2 is 1.96 bits per heavy atom. The van der Waals surface area contributed by atoms with E-state index in [1.807, 2.05) is 6.07 Å². The average molecular weight is 337 g/mol. The second-order valence-corrected chi connectivity index (χ2v) is 5.30. The van der Waals surface area contributed by atoms with E-state index in [0.29, 0.717) is 11.3 Å². The van der Waals surface area contributed by atoms with Crippen molar-refractivity contribution in [3.8, 4) is 11.5 Å². The number of ether oxygens (including phenoxy) is 1. The minimum absolute atomic E-state index is 0.145. The van der Waals surface area contributed by atoms with Gasteiger partial charge in [0, 0.05) is 12.7 Å². The molecule has 0 saturated heterocycles. The molecular formula is C19H16FN3O2. The van der Waals surface area contributed by atoms with Crippen molar-refractivity contribution < 1.29 is 13.9 Å². The smallest absolute Gasteiger partial charge is 0.255 e. The number of nitrogens with two attached hydrogens (primary N) is 1. The second kappa shape index (κ2) is 7.44. The van der Waals surface area contributed by atoms with Gasteiger partial charge < -0.3 is 15.8 Å². The third-order valence-corrected chi connectivity index (χ3v) is 3.50. The number of benzene rings is 2. The number of hydrogen-bond donors (Lipinski definition) is 2. The predicted molar refractivity (Wildman–Crippen MR) is 92.7 cm³/mol. The van der Waals surface area contributed by atoms with Crippen molar-refractivity contribution >= 4 is 11.7 Å². The zero-order valence-electron chi connectivity index (χ0n) is 13.3. The Hall–Kier alpha value is -3.41. The van der Waals surface area contributed by atoms with Gasteiger partial charge in [-0.05, 0) is 42.0 Å². The van der Waals surface area contributed by atoms with Gasteiger partial charge in [0.05, 0.1) is 5.56 Å². The molecule has 3 N–H and O–H groups in total. The molecule has 0 saturated carbocycles. The molecule has 126 valence electrons. The van der Waals surface area contributed by atoms with E-state index in [9.17, 15) is 9.18 Å². The molecule has 0 aliphatic heterocycles. The summed E-state index contributed by atoms with van der Waals surface area (Å²) in [5.74, 6) is 0.0560. The predicted octanol–water partition coefficient (Wildman–Crippen LogP) is 3.53. The van der Waals surface area contributed by atoms with Crippen LogP contribution in [0.15, 0.2) is 66.9 Å². The van der Waals surface area contributed by atoms with Gasteiger partial charge in [-0.25, -0.2) is 9.37 Å². The standard InChI is InChI=1S/C19H16FN3O2/c20-16-8-1-2-9-17(16)25-14-6-3-5-13(11-14)12-23-19(24)15-7-4-10-22-18(15)21/h1-11H,12H2,(H2,21,22)(H,23,24). The summed E-state index contributed by atoms with van der Waals surface area (Å²) in [5, 5.41) is 2.77. The third-order valence-electron chi connectivity index (χ3n) is 3.50. The molecule has 0 unspecified atom stereocenters. The fourth-order valence-corrected chi connectivity index (χ4v) is 2.26. The molecule has 0 aliphatic rings. The first-order valence-corrected chi connectivity index (χ1v) is 7.63. The maximum Gasteiger partial charge on any atom is 0.255 e. The summed E-state index contributed by atoms with van der Waals surface area (Å²) >= 11 is 0. The minimum Gasteiger partial charge on any atom is -0.454 e. The number of nitrogens with one attached hydrogen (secondary N) is 1. The lowest BCUT2D eigenvalue weighted by Crippen LogP contribution is -2.24.